The molecule has 3 rings (SSSR count). The van der Waals surface area contributed by atoms with Gasteiger partial charge in [-0.05, 0) is 55.2 Å². The number of rotatable bonds is 5. The van der Waals surface area contributed by atoms with E-state index in [-0.39, 0.29) is 30.1 Å². The minimum Gasteiger partial charge on any atom is -0.450 e. The molecule has 1 aliphatic rings. The van der Waals surface area contributed by atoms with Crippen LogP contribution in [0.2, 0.25) is 0 Å². The van der Waals surface area contributed by atoms with Crippen LogP contribution >= 0.6 is 0 Å². The Labute approximate surface area is 151 Å². The average molecular weight is 359 g/mol. The van der Waals surface area contributed by atoms with E-state index in [1.807, 2.05) is 0 Å². The smallest absolute Gasteiger partial charge is 0.374 e. The Morgan fingerprint density at radius 1 is 1.15 bits per heavy atom. The minimum absolute atomic E-state index is 0.00293. The van der Waals surface area contributed by atoms with Gasteiger partial charge < -0.3 is 14.5 Å². The normalized spacial score (nSPS) is 19.8. The first-order valence-corrected chi connectivity index (χ1v) is 8.85. The fourth-order valence-electron chi connectivity index (χ4n) is 3.20. The van der Waals surface area contributed by atoms with E-state index in [4.69, 9.17) is 9.15 Å². The first-order valence-electron chi connectivity index (χ1n) is 8.85. The number of benzene rings is 1. The van der Waals surface area contributed by atoms with Gasteiger partial charge >= 0.3 is 5.97 Å². The maximum absolute atomic E-state index is 13.0. The number of nitrogens with one attached hydrogen (secondary N) is 1. The molecule has 1 fully saturated rings. The van der Waals surface area contributed by atoms with E-state index in [2.05, 4.69) is 12.2 Å². The minimum atomic E-state index is -0.704. The number of carbonyl (C=O) groups excluding carboxylic acids is 2. The van der Waals surface area contributed by atoms with Gasteiger partial charge in [-0.2, -0.15) is 0 Å². The second-order valence-electron chi connectivity index (χ2n) is 6.68. The van der Waals surface area contributed by atoms with Crippen LogP contribution in [0.25, 0.3) is 11.3 Å². The van der Waals surface area contributed by atoms with Crippen molar-refractivity contribution in [2.24, 2.45) is 5.92 Å². The molecule has 0 radical (unpaired) electrons. The van der Waals surface area contributed by atoms with Gasteiger partial charge in [-0.3, -0.25) is 4.79 Å². The second-order valence-corrected chi connectivity index (χ2v) is 6.68. The van der Waals surface area contributed by atoms with Crippen LogP contribution in [0.3, 0.4) is 0 Å². The number of hydrogen-bond acceptors (Lipinski definition) is 4. The lowest BCUT2D eigenvalue weighted by molar-refractivity contribution is -0.125. The van der Waals surface area contributed by atoms with Gasteiger partial charge in [0, 0.05) is 11.6 Å². The molecule has 2 aromatic rings. The van der Waals surface area contributed by atoms with Crippen molar-refractivity contribution in [3.8, 4) is 11.3 Å². The lowest BCUT2D eigenvalue weighted by Crippen LogP contribution is -2.42. The highest BCUT2D eigenvalue weighted by molar-refractivity contribution is 5.89. The van der Waals surface area contributed by atoms with E-state index in [9.17, 15) is 14.0 Å². The predicted molar refractivity (Wildman–Crippen MR) is 93.9 cm³/mol. The third-order valence-electron chi connectivity index (χ3n) is 4.73. The van der Waals surface area contributed by atoms with Crippen molar-refractivity contribution in [3.05, 3.63) is 48.0 Å². The first-order chi connectivity index (χ1) is 12.5. The van der Waals surface area contributed by atoms with Gasteiger partial charge in [0.25, 0.3) is 5.91 Å². The number of halogens is 1. The van der Waals surface area contributed by atoms with Crippen LogP contribution in [-0.4, -0.2) is 24.5 Å². The highest BCUT2D eigenvalue weighted by Crippen LogP contribution is 2.24. The van der Waals surface area contributed by atoms with E-state index in [1.165, 1.54) is 24.6 Å². The van der Waals surface area contributed by atoms with Crippen LogP contribution in [0.15, 0.2) is 40.8 Å². The highest BCUT2D eigenvalue weighted by Gasteiger charge is 2.23. The number of amides is 1. The van der Waals surface area contributed by atoms with E-state index in [0.29, 0.717) is 17.2 Å². The molecule has 1 aromatic heterocycles. The maximum atomic E-state index is 13.0. The lowest BCUT2D eigenvalue weighted by atomic mass is 9.86. The third kappa shape index (κ3) is 4.50. The van der Waals surface area contributed by atoms with Gasteiger partial charge in [0.1, 0.15) is 11.6 Å². The molecular weight excluding hydrogens is 337 g/mol. The molecule has 2 atom stereocenters. The number of furan rings is 1. The Bertz CT molecular complexity index is 768. The molecule has 1 saturated carbocycles. The third-order valence-corrected chi connectivity index (χ3v) is 4.73. The van der Waals surface area contributed by atoms with Crippen LogP contribution < -0.4 is 5.32 Å². The maximum Gasteiger partial charge on any atom is 0.374 e. The Morgan fingerprint density at radius 2 is 1.88 bits per heavy atom. The summed E-state index contributed by atoms with van der Waals surface area (Å²) in [5, 5.41) is 2.93. The molecule has 0 bridgehead atoms. The Morgan fingerprint density at radius 3 is 2.62 bits per heavy atom. The van der Waals surface area contributed by atoms with Crippen molar-refractivity contribution >= 4 is 11.9 Å². The van der Waals surface area contributed by atoms with Gasteiger partial charge in [0.2, 0.25) is 5.76 Å². The largest absolute Gasteiger partial charge is 0.450 e. The van der Waals surface area contributed by atoms with Gasteiger partial charge in [0.05, 0.1) is 0 Å². The van der Waals surface area contributed by atoms with E-state index >= 15 is 0 Å². The molecule has 0 aliphatic heterocycles. The molecule has 6 heteroatoms. The van der Waals surface area contributed by atoms with Crippen molar-refractivity contribution in [1.82, 2.24) is 5.32 Å². The standard InChI is InChI=1S/C20H22FNO4/c1-13-4-2-3-5-16(13)22-19(23)12-25-20(24)18-11-10-17(26-18)14-6-8-15(21)9-7-14/h6-11,13,16H,2-5,12H2,1H3,(H,22,23). The van der Waals surface area contributed by atoms with Gasteiger partial charge in [-0.1, -0.05) is 19.8 Å². The molecule has 1 aliphatic carbocycles. The summed E-state index contributed by atoms with van der Waals surface area (Å²) in [4.78, 5) is 24.0. The van der Waals surface area contributed by atoms with Crippen LogP contribution in [-0.2, 0) is 9.53 Å². The number of carbonyl (C=O) groups is 2. The summed E-state index contributed by atoms with van der Waals surface area (Å²) in [6.07, 6.45) is 4.36. The molecular formula is C20H22FNO4. The quantitative estimate of drug-likeness (QED) is 0.821. The Hall–Kier alpha value is -2.63. The summed E-state index contributed by atoms with van der Waals surface area (Å²) in [7, 11) is 0. The summed E-state index contributed by atoms with van der Waals surface area (Å²) in [5.74, 6) is -0.488. The lowest BCUT2D eigenvalue weighted by Gasteiger charge is -2.29. The number of ether oxygens (including phenoxy) is 1. The summed E-state index contributed by atoms with van der Waals surface area (Å²) in [6.45, 7) is 1.78. The molecule has 26 heavy (non-hydrogen) atoms. The molecule has 0 saturated heterocycles. The summed E-state index contributed by atoms with van der Waals surface area (Å²) in [6, 6.07) is 8.96. The fraction of sp³-hybridized carbons (Fsp3) is 0.400. The molecule has 138 valence electrons. The zero-order valence-electron chi connectivity index (χ0n) is 14.7. The summed E-state index contributed by atoms with van der Waals surface area (Å²) in [5.41, 5.74) is 0.648. The van der Waals surface area contributed by atoms with Crippen molar-refractivity contribution in [2.45, 2.75) is 38.6 Å². The van der Waals surface area contributed by atoms with Gasteiger partial charge in [-0.15, -0.1) is 0 Å². The van der Waals surface area contributed by atoms with Crippen LogP contribution in [0.5, 0.6) is 0 Å². The van der Waals surface area contributed by atoms with Gasteiger partial charge in [-0.25, -0.2) is 9.18 Å². The monoisotopic (exact) mass is 359 g/mol. The molecule has 5 nitrogen and oxygen atoms in total. The molecule has 2 unspecified atom stereocenters. The van der Waals surface area contributed by atoms with Crippen LogP contribution in [0.1, 0.15) is 43.2 Å². The SMILES string of the molecule is CC1CCCCC1NC(=O)COC(=O)c1ccc(-c2ccc(F)cc2)o1. The molecule has 0 spiro atoms. The predicted octanol–water partition coefficient (Wildman–Crippen LogP) is 3.94. The van der Waals surface area contributed by atoms with Crippen LogP contribution in [0.4, 0.5) is 4.39 Å². The first kappa shape index (κ1) is 18.2. The van der Waals surface area contributed by atoms with Crippen molar-refractivity contribution in [1.29, 1.82) is 0 Å². The Balaban J connectivity index is 1.52. The van der Waals surface area contributed by atoms with Crippen LogP contribution in [0, 0.1) is 11.7 Å². The fourth-order valence-corrected chi connectivity index (χ4v) is 3.20. The number of esters is 1. The summed E-state index contributed by atoms with van der Waals surface area (Å²) < 4.78 is 23.4. The Kier molecular flexibility index (Phi) is 5.71. The topological polar surface area (TPSA) is 68.5 Å². The highest BCUT2D eigenvalue weighted by atomic mass is 19.1. The molecule has 1 heterocycles. The van der Waals surface area contributed by atoms with Crippen molar-refractivity contribution < 1.29 is 23.1 Å². The van der Waals surface area contributed by atoms with E-state index < -0.39 is 5.97 Å². The van der Waals surface area contributed by atoms with Crippen molar-refractivity contribution in [3.63, 3.8) is 0 Å². The molecule has 1 amide bonds. The zero-order valence-corrected chi connectivity index (χ0v) is 14.7. The van der Waals surface area contributed by atoms with Crippen molar-refractivity contribution in [2.75, 3.05) is 6.61 Å². The molecule has 1 aromatic carbocycles. The molecule has 1 N–H and O–H groups in total. The second kappa shape index (κ2) is 8.17. The zero-order chi connectivity index (χ0) is 18.5. The average Bonchev–Trinajstić information content (AvgIpc) is 3.12. The van der Waals surface area contributed by atoms with Gasteiger partial charge in [0.15, 0.2) is 6.61 Å². The van der Waals surface area contributed by atoms with E-state index in [1.54, 1.807) is 18.2 Å². The number of hydrogen-bond donors (Lipinski definition) is 1. The van der Waals surface area contributed by atoms with E-state index in [0.717, 1.165) is 19.3 Å². The summed E-state index contributed by atoms with van der Waals surface area (Å²) >= 11 is 0.